The fourth-order valence-electron chi connectivity index (χ4n) is 1.19. The Morgan fingerprint density at radius 2 is 2.25 bits per heavy atom. The number of aromatic nitrogens is 1. The van der Waals surface area contributed by atoms with Crippen LogP contribution in [0.3, 0.4) is 0 Å². The van der Waals surface area contributed by atoms with E-state index < -0.39 is 0 Å². The third kappa shape index (κ3) is 4.14. The molecule has 0 aliphatic heterocycles. The van der Waals surface area contributed by atoms with Gasteiger partial charge in [0.25, 0.3) is 0 Å². The van der Waals surface area contributed by atoms with E-state index in [0.29, 0.717) is 6.42 Å². The zero-order valence-electron chi connectivity index (χ0n) is 10.1. The summed E-state index contributed by atoms with van der Waals surface area (Å²) >= 11 is 3.48. The number of esters is 1. The van der Waals surface area contributed by atoms with Gasteiger partial charge < -0.3 is 4.74 Å². The highest BCUT2D eigenvalue weighted by Crippen LogP contribution is 2.24. The highest BCUT2D eigenvalue weighted by atomic mass is 32.2. The normalized spacial score (nSPS) is 12.5. The third-order valence-corrected chi connectivity index (χ3v) is 4.68. The summed E-state index contributed by atoms with van der Waals surface area (Å²) in [6.07, 6.45) is 0.463. The van der Waals surface area contributed by atoms with Crippen molar-refractivity contribution in [1.82, 2.24) is 4.98 Å². The van der Waals surface area contributed by atoms with Gasteiger partial charge in [-0.1, -0.05) is 6.92 Å². The summed E-state index contributed by atoms with van der Waals surface area (Å²) in [7, 11) is 1.42. The molecule has 0 spiro atoms. The van der Waals surface area contributed by atoms with E-state index in [-0.39, 0.29) is 11.2 Å². The Hall–Kier alpha value is -0.550. The number of methoxy groups -OCH3 is 1. The van der Waals surface area contributed by atoms with E-state index in [2.05, 4.69) is 16.6 Å². The molecular formula is C11H17NO2S2. The minimum absolute atomic E-state index is 0.147. The first-order valence-corrected chi connectivity index (χ1v) is 7.00. The summed E-state index contributed by atoms with van der Waals surface area (Å²) in [6.45, 7) is 6.14. The molecule has 0 saturated heterocycles. The first-order valence-electron chi connectivity index (χ1n) is 5.14. The molecule has 0 aromatic carbocycles. The number of ether oxygens (including phenoxy) is 1. The minimum Gasteiger partial charge on any atom is -0.469 e. The van der Waals surface area contributed by atoms with Gasteiger partial charge >= 0.3 is 5.97 Å². The summed E-state index contributed by atoms with van der Waals surface area (Å²) < 4.78 is 4.63. The molecule has 16 heavy (non-hydrogen) atoms. The van der Waals surface area contributed by atoms with Crippen LogP contribution in [0.2, 0.25) is 0 Å². The van der Waals surface area contributed by atoms with Crippen molar-refractivity contribution in [2.24, 2.45) is 0 Å². The fraction of sp³-hybridized carbons (Fsp3) is 0.636. The van der Waals surface area contributed by atoms with E-state index >= 15 is 0 Å². The van der Waals surface area contributed by atoms with Gasteiger partial charge in [0.2, 0.25) is 0 Å². The standard InChI is InChI=1S/C11H17NO2S2/c1-7(5-11(13)14-4)15-6-10-12-8(2)9(3)16-10/h7H,5-6H2,1-4H3. The van der Waals surface area contributed by atoms with Gasteiger partial charge in [-0.05, 0) is 13.8 Å². The summed E-state index contributed by atoms with van der Waals surface area (Å²) in [5.74, 6) is 0.726. The van der Waals surface area contributed by atoms with Crippen molar-refractivity contribution < 1.29 is 9.53 Å². The Balaban J connectivity index is 2.36. The molecule has 1 atom stereocenters. The zero-order valence-corrected chi connectivity index (χ0v) is 11.7. The van der Waals surface area contributed by atoms with Crippen LogP contribution in [0.15, 0.2) is 0 Å². The second kappa shape index (κ2) is 6.25. The van der Waals surface area contributed by atoms with Crippen molar-refractivity contribution in [3.05, 3.63) is 15.6 Å². The molecule has 0 bridgehead atoms. The summed E-state index contributed by atoms with van der Waals surface area (Å²) in [5.41, 5.74) is 1.11. The number of thioether (sulfide) groups is 1. The first kappa shape index (κ1) is 13.5. The molecule has 0 N–H and O–H groups in total. The second-order valence-corrected chi connectivity index (χ2v) is 6.37. The highest BCUT2D eigenvalue weighted by Gasteiger charge is 2.11. The number of carbonyl (C=O) groups is 1. The average molecular weight is 259 g/mol. The molecular weight excluding hydrogens is 242 g/mol. The van der Waals surface area contributed by atoms with Gasteiger partial charge in [0, 0.05) is 15.9 Å². The fourth-order valence-corrected chi connectivity index (χ4v) is 3.11. The lowest BCUT2D eigenvalue weighted by molar-refractivity contribution is -0.140. The molecule has 1 heterocycles. The number of hydrogen-bond acceptors (Lipinski definition) is 5. The summed E-state index contributed by atoms with van der Waals surface area (Å²) in [6, 6.07) is 0. The van der Waals surface area contributed by atoms with E-state index in [9.17, 15) is 4.79 Å². The van der Waals surface area contributed by atoms with Crippen molar-refractivity contribution in [2.45, 2.75) is 38.2 Å². The largest absolute Gasteiger partial charge is 0.469 e. The molecule has 3 nitrogen and oxygen atoms in total. The molecule has 1 aromatic rings. The minimum atomic E-state index is -0.147. The Labute approximate surface area is 105 Å². The maximum absolute atomic E-state index is 11.0. The Kier molecular flexibility index (Phi) is 5.28. The Morgan fingerprint density at radius 1 is 1.56 bits per heavy atom. The zero-order chi connectivity index (χ0) is 12.1. The molecule has 0 fully saturated rings. The van der Waals surface area contributed by atoms with E-state index in [4.69, 9.17) is 0 Å². The van der Waals surface area contributed by atoms with Gasteiger partial charge in [-0.25, -0.2) is 4.98 Å². The lowest BCUT2D eigenvalue weighted by atomic mass is 10.3. The van der Waals surface area contributed by atoms with Gasteiger partial charge in [0.05, 0.1) is 19.2 Å². The quantitative estimate of drug-likeness (QED) is 0.762. The van der Waals surface area contributed by atoms with Crippen LogP contribution in [-0.4, -0.2) is 23.3 Å². The number of aryl methyl sites for hydroxylation is 2. The molecule has 1 unspecified atom stereocenters. The molecule has 90 valence electrons. The van der Waals surface area contributed by atoms with Gasteiger partial charge in [0.15, 0.2) is 0 Å². The van der Waals surface area contributed by atoms with Crippen LogP contribution in [-0.2, 0) is 15.3 Å². The maximum atomic E-state index is 11.0. The van der Waals surface area contributed by atoms with Gasteiger partial charge in [-0.3, -0.25) is 4.79 Å². The van der Waals surface area contributed by atoms with Gasteiger partial charge in [-0.2, -0.15) is 11.8 Å². The van der Waals surface area contributed by atoms with E-state index in [1.54, 1.807) is 23.1 Å². The molecule has 0 amide bonds. The van der Waals surface area contributed by atoms with Gasteiger partial charge in [0.1, 0.15) is 5.01 Å². The smallest absolute Gasteiger partial charge is 0.306 e. The van der Waals surface area contributed by atoms with Gasteiger partial charge in [-0.15, -0.1) is 11.3 Å². The maximum Gasteiger partial charge on any atom is 0.306 e. The number of thiazole rings is 1. The lowest BCUT2D eigenvalue weighted by Crippen LogP contribution is -2.08. The van der Waals surface area contributed by atoms with Crippen LogP contribution in [0.4, 0.5) is 0 Å². The number of rotatable bonds is 5. The average Bonchev–Trinajstić information content (AvgIpc) is 2.55. The number of carbonyl (C=O) groups excluding carboxylic acids is 1. The predicted octanol–water partition coefficient (Wildman–Crippen LogP) is 2.94. The van der Waals surface area contributed by atoms with Crippen LogP contribution < -0.4 is 0 Å². The first-order chi connectivity index (χ1) is 7.52. The highest BCUT2D eigenvalue weighted by molar-refractivity contribution is 7.99. The SMILES string of the molecule is COC(=O)CC(C)SCc1nc(C)c(C)s1. The third-order valence-electron chi connectivity index (χ3n) is 2.25. The predicted molar refractivity (Wildman–Crippen MR) is 69.0 cm³/mol. The number of nitrogens with zero attached hydrogens (tertiary/aromatic N) is 1. The summed E-state index contributed by atoms with van der Waals surface area (Å²) in [4.78, 5) is 16.8. The van der Waals surface area contributed by atoms with Crippen molar-refractivity contribution in [3.63, 3.8) is 0 Å². The lowest BCUT2D eigenvalue weighted by Gasteiger charge is -2.07. The molecule has 0 aliphatic rings. The monoisotopic (exact) mass is 259 g/mol. The topological polar surface area (TPSA) is 39.2 Å². The van der Waals surface area contributed by atoms with Crippen LogP contribution in [0.25, 0.3) is 0 Å². The molecule has 0 radical (unpaired) electrons. The molecule has 0 saturated carbocycles. The van der Waals surface area contributed by atoms with E-state index in [1.165, 1.54) is 12.0 Å². The summed E-state index contributed by atoms with van der Waals surface area (Å²) in [5, 5.41) is 1.41. The molecule has 0 aliphatic carbocycles. The van der Waals surface area contributed by atoms with Crippen molar-refractivity contribution in [3.8, 4) is 0 Å². The van der Waals surface area contributed by atoms with Crippen LogP contribution in [0, 0.1) is 13.8 Å². The van der Waals surface area contributed by atoms with E-state index in [1.807, 2.05) is 13.8 Å². The Morgan fingerprint density at radius 3 is 2.75 bits per heavy atom. The second-order valence-electron chi connectivity index (χ2n) is 3.65. The molecule has 5 heteroatoms. The van der Waals surface area contributed by atoms with Crippen LogP contribution in [0.1, 0.15) is 28.9 Å². The van der Waals surface area contributed by atoms with Crippen molar-refractivity contribution >= 4 is 29.1 Å². The van der Waals surface area contributed by atoms with Crippen LogP contribution >= 0.6 is 23.1 Å². The van der Waals surface area contributed by atoms with E-state index in [0.717, 1.165) is 16.5 Å². The molecule has 1 aromatic heterocycles. The number of hydrogen-bond donors (Lipinski definition) is 0. The molecule has 1 rings (SSSR count). The van der Waals surface area contributed by atoms with Crippen molar-refractivity contribution in [2.75, 3.05) is 7.11 Å². The van der Waals surface area contributed by atoms with Crippen LogP contribution in [0.5, 0.6) is 0 Å². The van der Waals surface area contributed by atoms with Crippen molar-refractivity contribution in [1.29, 1.82) is 0 Å². The Bertz CT molecular complexity index is 343.